The lowest BCUT2D eigenvalue weighted by molar-refractivity contribution is 0.286. The summed E-state index contributed by atoms with van der Waals surface area (Å²) in [5, 5.41) is 3.14. The largest absolute Gasteiger partial charge is 0.497 e. The predicted molar refractivity (Wildman–Crippen MR) is 114 cm³/mol. The lowest BCUT2D eigenvalue weighted by Crippen LogP contribution is -2.15. The molecule has 2 aromatic carbocycles. The van der Waals surface area contributed by atoms with Crippen molar-refractivity contribution >= 4 is 18.9 Å². The maximum absolute atomic E-state index is 13.0. The van der Waals surface area contributed by atoms with Gasteiger partial charge in [0.25, 0.3) is 0 Å². The number of benzene rings is 2. The normalized spacial score (nSPS) is 11.3. The van der Waals surface area contributed by atoms with Gasteiger partial charge in [-0.3, -0.25) is 4.57 Å². The van der Waals surface area contributed by atoms with E-state index in [-0.39, 0.29) is 11.3 Å². The second-order valence-electron chi connectivity index (χ2n) is 6.35. The Morgan fingerprint density at radius 3 is 1.90 bits per heavy atom. The van der Waals surface area contributed by atoms with E-state index in [9.17, 15) is 4.57 Å². The van der Waals surface area contributed by atoms with Crippen LogP contribution in [0.15, 0.2) is 52.9 Å². The minimum Gasteiger partial charge on any atom is -0.497 e. The highest BCUT2D eigenvalue weighted by atomic mass is 31.2. The Labute approximate surface area is 175 Å². The number of hydrogen-bond acceptors (Lipinski definition) is 8. The van der Waals surface area contributed by atoms with Crippen LogP contribution < -0.4 is 20.2 Å². The first-order chi connectivity index (χ1) is 14.5. The van der Waals surface area contributed by atoms with Gasteiger partial charge in [-0.1, -0.05) is 24.3 Å². The number of ether oxygens (including phenoxy) is 2. The summed E-state index contributed by atoms with van der Waals surface area (Å²) in [6, 6.07) is 15.1. The molecule has 0 radical (unpaired) electrons. The molecule has 9 heteroatoms. The fourth-order valence-corrected chi connectivity index (χ4v) is 3.93. The molecule has 0 aliphatic carbocycles. The third-order valence-corrected chi connectivity index (χ3v) is 6.30. The second kappa shape index (κ2) is 9.80. The number of oxazole rings is 1. The van der Waals surface area contributed by atoms with E-state index in [0.29, 0.717) is 18.9 Å². The van der Waals surface area contributed by atoms with Crippen LogP contribution in [-0.2, 0) is 26.6 Å². The van der Waals surface area contributed by atoms with Crippen molar-refractivity contribution in [3.63, 3.8) is 0 Å². The van der Waals surface area contributed by atoms with Crippen LogP contribution in [0, 0.1) is 0 Å². The van der Waals surface area contributed by atoms with E-state index in [1.165, 1.54) is 14.2 Å². The van der Waals surface area contributed by atoms with E-state index in [0.717, 1.165) is 22.6 Å². The average Bonchev–Trinajstić information content (AvgIpc) is 3.21. The molecule has 0 saturated heterocycles. The summed E-state index contributed by atoms with van der Waals surface area (Å²) in [7, 11) is 2.25. The first-order valence-corrected chi connectivity index (χ1v) is 10.8. The second-order valence-corrected chi connectivity index (χ2v) is 8.50. The molecule has 30 heavy (non-hydrogen) atoms. The van der Waals surface area contributed by atoms with E-state index in [1.54, 1.807) is 14.2 Å². The Bertz CT molecular complexity index is 993. The number of nitrogens with zero attached hydrogens (tertiary/aromatic N) is 1. The maximum atomic E-state index is 13.0. The molecule has 8 nitrogen and oxygen atoms in total. The molecule has 0 saturated carbocycles. The Morgan fingerprint density at radius 2 is 1.40 bits per heavy atom. The van der Waals surface area contributed by atoms with Crippen LogP contribution >= 0.6 is 7.60 Å². The maximum Gasteiger partial charge on any atom is 0.384 e. The molecule has 0 aliphatic rings. The molecule has 1 N–H and O–H groups in total. The average molecular weight is 432 g/mol. The molecule has 0 bridgehead atoms. The van der Waals surface area contributed by atoms with Gasteiger partial charge in [0.2, 0.25) is 17.2 Å². The van der Waals surface area contributed by atoms with Crippen molar-refractivity contribution in [2.45, 2.75) is 13.0 Å². The SMILES string of the molecule is COc1ccc(CNc2oc(Cc3ccc(OC)cc3)nc2P(=O)(OC)OC)cc1. The zero-order valence-corrected chi connectivity index (χ0v) is 18.3. The highest BCUT2D eigenvalue weighted by Crippen LogP contribution is 2.47. The molecule has 160 valence electrons. The molecule has 3 rings (SSSR count). The van der Waals surface area contributed by atoms with E-state index >= 15 is 0 Å². The lowest BCUT2D eigenvalue weighted by atomic mass is 10.1. The minimum absolute atomic E-state index is 0.115. The highest BCUT2D eigenvalue weighted by molar-refractivity contribution is 7.62. The predicted octanol–water partition coefficient (Wildman–Crippen LogP) is 4.01. The fourth-order valence-electron chi connectivity index (χ4n) is 2.82. The number of methoxy groups -OCH3 is 2. The van der Waals surface area contributed by atoms with E-state index in [1.807, 2.05) is 48.5 Å². The van der Waals surface area contributed by atoms with E-state index in [2.05, 4.69) is 10.3 Å². The molecular formula is C21H25N2O6P. The van der Waals surface area contributed by atoms with Gasteiger partial charge in [-0.2, -0.15) is 0 Å². The fraction of sp³-hybridized carbons (Fsp3) is 0.286. The van der Waals surface area contributed by atoms with Gasteiger partial charge in [0.15, 0.2) is 0 Å². The van der Waals surface area contributed by atoms with E-state index < -0.39 is 7.60 Å². The number of rotatable bonds is 10. The van der Waals surface area contributed by atoms with Crippen molar-refractivity contribution in [3.05, 3.63) is 65.5 Å². The molecule has 1 heterocycles. The van der Waals surface area contributed by atoms with Crippen LogP contribution in [0.2, 0.25) is 0 Å². The smallest absolute Gasteiger partial charge is 0.384 e. The van der Waals surface area contributed by atoms with Crippen molar-refractivity contribution in [2.75, 3.05) is 33.8 Å². The molecule has 0 amide bonds. The van der Waals surface area contributed by atoms with Gasteiger partial charge in [0.1, 0.15) is 11.5 Å². The van der Waals surface area contributed by atoms with Crippen LogP contribution in [0.4, 0.5) is 5.88 Å². The summed E-state index contributed by atoms with van der Waals surface area (Å²) in [6.45, 7) is 0.432. The zero-order chi connectivity index (χ0) is 21.6. The van der Waals surface area contributed by atoms with Crippen LogP contribution in [-0.4, -0.2) is 33.4 Å². The summed E-state index contributed by atoms with van der Waals surface area (Å²) >= 11 is 0. The van der Waals surface area contributed by atoms with Gasteiger partial charge in [0.05, 0.1) is 14.2 Å². The molecule has 0 unspecified atom stereocenters. The molecule has 0 spiro atoms. The quantitative estimate of drug-likeness (QED) is 0.481. The van der Waals surface area contributed by atoms with Crippen molar-refractivity contribution in [1.29, 1.82) is 0 Å². The molecule has 0 atom stereocenters. The molecule has 0 aliphatic heterocycles. The first-order valence-electron chi connectivity index (χ1n) is 9.22. The summed E-state index contributed by atoms with van der Waals surface area (Å²) in [4.78, 5) is 4.41. The number of aromatic nitrogens is 1. The van der Waals surface area contributed by atoms with Gasteiger partial charge in [0, 0.05) is 27.2 Å². The molecule has 0 fully saturated rings. The number of hydrogen-bond donors (Lipinski definition) is 1. The van der Waals surface area contributed by atoms with Gasteiger partial charge in [-0.15, -0.1) is 0 Å². The summed E-state index contributed by atoms with van der Waals surface area (Å²) in [5.41, 5.74) is 2.07. The van der Waals surface area contributed by atoms with Crippen molar-refractivity contribution in [2.24, 2.45) is 0 Å². The Hall–Kier alpha value is -2.80. The van der Waals surface area contributed by atoms with Crippen LogP contribution in [0.3, 0.4) is 0 Å². The Balaban J connectivity index is 1.84. The zero-order valence-electron chi connectivity index (χ0n) is 17.4. The van der Waals surface area contributed by atoms with Crippen LogP contribution in [0.25, 0.3) is 0 Å². The van der Waals surface area contributed by atoms with Crippen LogP contribution in [0.1, 0.15) is 17.0 Å². The van der Waals surface area contributed by atoms with Gasteiger partial charge in [-0.05, 0) is 35.4 Å². The van der Waals surface area contributed by atoms with Crippen LogP contribution in [0.5, 0.6) is 11.5 Å². The first kappa shape index (κ1) is 21.9. The van der Waals surface area contributed by atoms with Gasteiger partial charge in [-0.25, -0.2) is 4.98 Å². The monoisotopic (exact) mass is 432 g/mol. The molecule has 3 aromatic rings. The minimum atomic E-state index is -3.61. The highest BCUT2D eigenvalue weighted by Gasteiger charge is 2.34. The lowest BCUT2D eigenvalue weighted by Gasteiger charge is -2.12. The van der Waals surface area contributed by atoms with Crippen molar-refractivity contribution in [1.82, 2.24) is 4.98 Å². The third-order valence-electron chi connectivity index (χ3n) is 4.52. The van der Waals surface area contributed by atoms with Crippen molar-refractivity contribution in [3.8, 4) is 11.5 Å². The summed E-state index contributed by atoms with van der Waals surface area (Å²) < 4.78 is 39.5. The summed E-state index contributed by atoms with van der Waals surface area (Å²) in [6.07, 6.45) is 0.411. The topological polar surface area (TPSA) is 92.1 Å². The van der Waals surface area contributed by atoms with Gasteiger partial charge >= 0.3 is 7.60 Å². The molecular weight excluding hydrogens is 407 g/mol. The molecule has 1 aromatic heterocycles. The summed E-state index contributed by atoms with van der Waals surface area (Å²) in [5.74, 6) is 2.17. The van der Waals surface area contributed by atoms with Crippen molar-refractivity contribution < 1.29 is 27.5 Å². The van der Waals surface area contributed by atoms with Gasteiger partial charge < -0.3 is 28.3 Å². The number of nitrogens with one attached hydrogen (secondary N) is 1. The number of anilines is 1. The Kier molecular flexibility index (Phi) is 7.15. The third kappa shape index (κ3) is 5.02. The standard InChI is InChI=1S/C21H25N2O6P/c1-25-17-9-5-15(6-10-17)13-19-23-21(30(24,27-3)28-4)20(29-19)22-14-16-7-11-18(26-2)12-8-16/h5-12,22H,13-14H2,1-4H3. The van der Waals surface area contributed by atoms with E-state index in [4.69, 9.17) is 22.9 Å². The Morgan fingerprint density at radius 1 is 0.867 bits per heavy atom.